The van der Waals surface area contributed by atoms with Crippen LogP contribution in [0.25, 0.3) is 0 Å². The number of rotatable bonds is 8. The molecule has 0 spiro atoms. The molecule has 0 aliphatic carbocycles. The molecule has 0 atom stereocenters. The highest BCUT2D eigenvalue weighted by Gasteiger charge is 2.46. The molecular formula is C67H42B2N2O6S2. The molecule has 0 amide bonds. The average Bonchev–Trinajstić information content (AvgIpc) is 3.64. The third-order valence-electron chi connectivity index (χ3n) is 15.3. The van der Waals surface area contributed by atoms with E-state index >= 15 is 0 Å². The highest BCUT2D eigenvalue weighted by molar-refractivity contribution is 8.00. The molecular weight excluding hydrogens is 1010 g/mol. The minimum absolute atomic E-state index is 0.225. The normalized spacial score (nSPS) is 14.2. The predicted molar refractivity (Wildman–Crippen MR) is 320 cm³/mol. The molecule has 0 unspecified atom stereocenters. The summed E-state index contributed by atoms with van der Waals surface area (Å²) >= 11 is 3.43. The second-order valence-electron chi connectivity index (χ2n) is 19.8. The molecule has 6 aliphatic heterocycles. The zero-order chi connectivity index (χ0) is 52.3. The van der Waals surface area contributed by atoms with Crippen molar-refractivity contribution in [1.82, 2.24) is 0 Å². The van der Waals surface area contributed by atoms with E-state index in [0.29, 0.717) is 11.5 Å². The van der Waals surface area contributed by atoms with Gasteiger partial charge in [0.2, 0.25) is 0 Å². The van der Waals surface area contributed by atoms with Gasteiger partial charge in [-0.1, -0.05) is 150 Å². The molecule has 374 valence electrons. The molecule has 0 saturated heterocycles. The zero-order valence-corrected chi connectivity index (χ0v) is 44.0. The summed E-state index contributed by atoms with van der Waals surface area (Å²) in [7, 11) is 0. The van der Waals surface area contributed by atoms with Crippen LogP contribution in [-0.4, -0.2) is 13.4 Å². The van der Waals surface area contributed by atoms with Crippen molar-refractivity contribution in [1.29, 1.82) is 0 Å². The highest BCUT2D eigenvalue weighted by Crippen LogP contribution is 2.55. The van der Waals surface area contributed by atoms with E-state index in [4.69, 9.17) is 28.4 Å². The topological polar surface area (TPSA) is 61.9 Å². The first-order chi connectivity index (χ1) is 39.0. The van der Waals surface area contributed by atoms with Gasteiger partial charge in [0.05, 0.1) is 43.9 Å². The van der Waals surface area contributed by atoms with Crippen molar-refractivity contribution >= 4 is 104 Å². The number of hydrogen-bond acceptors (Lipinski definition) is 10. The quantitative estimate of drug-likeness (QED) is 0.0835. The predicted octanol–water partition coefficient (Wildman–Crippen LogP) is 14.8. The Labute approximate surface area is 465 Å². The summed E-state index contributed by atoms with van der Waals surface area (Å²) in [6, 6.07) is 69.0. The largest absolute Gasteiger partial charge is 0.458 e. The summed E-state index contributed by atoms with van der Waals surface area (Å²) in [6.07, 6.45) is 7.65. The van der Waals surface area contributed by atoms with E-state index in [0.717, 1.165) is 144 Å². The van der Waals surface area contributed by atoms with E-state index in [1.165, 1.54) is 0 Å². The van der Waals surface area contributed by atoms with Gasteiger partial charge in [0.25, 0.3) is 13.4 Å². The standard InChI is InChI=1S/C67H42B2N2O6S2/c1-3-5-19-42(4-2)72-56-32-17-22-44-66(56)78-62-36-40(70-48-24-9-13-28-52(48)74-53-29-14-10-25-49(53)70)34-60-64(62)68(44)46-38-47-59(39-58(46)76-60)77-61-35-41(71-50-26-11-15-30-54(50)75-55-31-16-12-27-51(55)71)37-63-65(61)69(47)45-23-18-33-57(67(45)79-63)73-43-20-7-6-8-21-43/h3-39H,2H2,1H3/b5-3-,42-19+. The number of allylic oxidation sites excluding steroid dienone is 4. The van der Waals surface area contributed by atoms with Crippen LogP contribution in [0.3, 0.4) is 0 Å². The third-order valence-corrected chi connectivity index (χ3v) is 17.7. The van der Waals surface area contributed by atoms with E-state index in [1.807, 2.05) is 116 Å². The Bertz CT molecular complexity index is 4230. The van der Waals surface area contributed by atoms with E-state index in [1.54, 1.807) is 29.6 Å². The number of benzene rings is 10. The molecule has 79 heavy (non-hydrogen) atoms. The van der Waals surface area contributed by atoms with Gasteiger partial charge in [0.15, 0.2) is 23.0 Å². The van der Waals surface area contributed by atoms with Crippen LogP contribution >= 0.6 is 23.5 Å². The molecule has 12 heteroatoms. The third kappa shape index (κ3) is 7.28. The number of para-hydroxylation sites is 9. The molecule has 6 heterocycles. The molecule has 0 bridgehead atoms. The molecule has 10 aromatic rings. The van der Waals surface area contributed by atoms with Crippen molar-refractivity contribution in [2.45, 2.75) is 26.5 Å². The fraction of sp³-hybridized carbons (Fsp3) is 0.0149. The fourth-order valence-corrected chi connectivity index (χ4v) is 14.4. The van der Waals surface area contributed by atoms with Crippen LogP contribution in [0.2, 0.25) is 0 Å². The van der Waals surface area contributed by atoms with Gasteiger partial charge < -0.3 is 38.2 Å². The molecule has 6 aliphatic rings. The van der Waals surface area contributed by atoms with Gasteiger partial charge >= 0.3 is 0 Å². The van der Waals surface area contributed by atoms with Crippen molar-refractivity contribution in [3.05, 3.63) is 237 Å². The maximum atomic E-state index is 7.36. The van der Waals surface area contributed by atoms with Crippen LogP contribution in [0.4, 0.5) is 34.1 Å². The smallest absolute Gasteiger partial charge is 0.254 e. The molecule has 0 saturated carbocycles. The first-order valence-corrected chi connectivity index (χ1v) is 27.9. The highest BCUT2D eigenvalue weighted by atomic mass is 32.2. The minimum Gasteiger partial charge on any atom is -0.458 e. The Kier molecular flexibility index (Phi) is 10.5. The molecule has 0 N–H and O–H groups in total. The SMILES string of the molecule is C=C/C(=C\C=C/C)Oc1cccc2c1Sc1cc(N3c4ccccc4Oc4ccccc43)cc3c1B2c1cc2c(cc1O3)Oc1cc(N3c4ccccc4Oc4ccccc43)cc3c1B2c1cccc(Oc2ccccc2)c1S3. The lowest BCUT2D eigenvalue weighted by Crippen LogP contribution is -2.62. The van der Waals surface area contributed by atoms with Crippen LogP contribution < -0.4 is 71.0 Å². The summed E-state index contributed by atoms with van der Waals surface area (Å²) in [5.74, 6) is 9.03. The molecule has 0 aromatic heterocycles. The lowest BCUT2D eigenvalue weighted by Gasteiger charge is -2.39. The van der Waals surface area contributed by atoms with Gasteiger partial charge in [-0.2, -0.15) is 0 Å². The molecule has 0 radical (unpaired) electrons. The zero-order valence-electron chi connectivity index (χ0n) is 42.4. The second kappa shape index (κ2) is 18.1. The van der Waals surface area contributed by atoms with Gasteiger partial charge in [-0.3, -0.25) is 0 Å². The summed E-state index contributed by atoms with van der Waals surface area (Å²) in [6.45, 7) is 5.64. The van der Waals surface area contributed by atoms with Crippen molar-refractivity contribution < 1.29 is 28.4 Å². The summed E-state index contributed by atoms with van der Waals surface area (Å²) in [5.41, 5.74) is 12.2. The van der Waals surface area contributed by atoms with Crippen molar-refractivity contribution in [2.75, 3.05) is 9.80 Å². The molecule has 8 nitrogen and oxygen atoms in total. The Morgan fingerprint density at radius 1 is 0.456 bits per heavy atom. The van der Waals surface area contributed by atoms with Gasteiger partial charge in [-0.25, -0.2) is 0 Å². The summed E-state index contributed by atoms with van der Waals surface area (Å²) in [5, 5.41) is 0. The maximum absolute atomic E-state index is 7.36. The lowest BCUT2D eigenvalue weighted by atomic mass is 9.32. The van der Waals surface area contributed by atoms with Crippen LogP contribution in [0.1, 0.15) is 6.92 Å². The van der Waals surface area contributed by atoms with E-state index in [2.05, 4.69) is 126 Å². The van der Waals surface area contributed by atoms with Crippen LogP contribution in [0.5, 0.6) is 63.2 Å². The van der Waals surface area contributed by atoms with E-state index in [-0.39, 0.29) is 13.4 Å². The molecule has 0 fully saturated rings. The van der Waals surface area contributed by atoms with E-state index < -0.39 is 0 Å². The monoisotopic (exact) mass is 1060 g/mol. The summed E-state index contributed by atoms with van der Waals surface area (Å²) in [4.78, 5) is 8.76. The van der Waals surface area contributed by atoms with Gasteiger partial charge in [0.1, 0.15) is 46.0 Å². The minimum atomic E-state index is -0.237. The maximum Gasteiger partial charge on any atom is 0.254 e. The Hall–Kier alpha value is -9.35. The fourth-order valence-electron chi connectivity index (χ4n) is 11.9. The first-order valence-electron chi connectivity index (χ1n) is 26.2. The van der Waals surface area contributed by atoms with Gasteiger partial charge in [0, 0.05) is 28.0 Å². The first kappa shape index (κ1) is 45.8. The molecule has 10 aromatic carbocycles. The Morgan fingerprint density at radius 2 is 0.911 bits per heavy atom. The lowest BCUT2D eigenvalue weighted by molar-refractivity contribution is 0.435. The average molecular weight is 1060 g/mol. The van der Waals surface area contributed by atoms with Crippen LogP contribution in [-0.2, 0) is 0 Å². The van der Waals surface area contributed by atoms with Gasteiger partial charge in [-0.15, -0.1) is 0 Å². The number of anilines is 6. The van der Waals surface area contributed by atoms with Crippen LogP contribution in [0.15, 0.2) is 256 Å². The van der Waals surface area contributed by atoms with Crippen molar-refractivity contribution in [3.8, 4) is 63.2 Å². The summed E-state index contributed by atoms with van der Waals surface area (Å²) < 4.78 is 41.3. The Balaban J connectivity index is 0.908. The Morgan fingerprint density at radius 3 is 1.41 bits per heavy atom. The number of hydrogen-bond donors (Lipinski definition) is 0. The van der Waals surface area contributed by atoms with Crippen LogP contribution in [0, 0.1) is 0 Å². The number of ether oxygens (including phenoxy) is 6. The second-order valence-corrected chi connectivity index (χ2v) is 21.9. The van der Waals surface area contributed by atoms with Crippen molar-refractivity contribution in [3.63, 3.8) is 0 Å². The van der Waals surface area contributed by atoms with Crippen molar-refractivity contribution in [2.24, 2.45) is 0 Å². The number of nitrogens with zero attached hydrogens (tertiary/aromatic N) is 2. The molecule has 16 rings (SSSR count). The van der Waals surface area contributed by atoms with E-state index in [9.17, 15) is 0 Å². The van der Waals surface area contributed by atoms with Gasteiger partial charge in [-0.05, 0) is 126 Å². The number of fused-ring (bicyclic) bond motifs is 12.